The number of hydrogen-bond donors (Lipinski definition) is 1. The van der Waals surface area contributed by atoms with E-state index in [1.165, 1.54) is 11.1 Å². The maximum atomic E-state index is 12.5. The van der Waals surface area contributed by atoms with Crippen molar-refractivity contribution in [1.29, 1.82) is 0 Å². The highest BCUT2D eigenvalue weighted by atomic mass is 35.5. The molecule has 0 aromatic heterocycles. The molecular weight excluding hydrogens is 336 g/mol. The van der Waals surface area contributed by atoms with E-state index in [1.807, 2.05) is 35.2 Å². The van der Waals surface area contributed by atoms with Gasteiger partial charge >= 0.3 is 6.03 Å². The Morgan fingerprint density at radius 1 is 1.20 bits per heavy atom. The molecule has 3 rings (SSSR count). The second kappa shape index (κ2) is 8.26. The van der Waals surface area contributed by atoms with Crippen LogP contribution in [0, 0.1) is 0 Å². The standard InChI is InChI=1S/C20H23ClN2O2/c1-25-19-9-6-17-14-23(12-2-3-16(17)13-19)20(24)22-11-10-15-4-7-18(21)8-5-15/h4-9,13H,2-3,10-12,14H2,1H3,(H,22,24). The first-order chi connectivity index (χ1) is 12.2. The van der Waals surface area contributed by atoms with Crippen LogP contribution >= 0.6 is 11.6 Å². The summed E-state index contributed by atoms with van der Waals surface area (Å²) in [5, 5.41) is 3.76. The fourth-order valence-electron chi connectivity index (χ4n) is 3.11. The molecule has 0 bridgehead atoms. The number of fused-ring (bicyclic) bond motifs is 1. The minimum atomic E-state index is -0.00219. The van der Waals surface area contributed by atoms with Crippen molar-refractivity contribution in [2.75, 3.05) is 20.2 Å². The average molecular weight is 359 g/mol. The van der Waals surface area contributed by atoms with Crippen molar-refractivity contribution in [3.8, 4) is 5.75 Å². The van der Waals surface area contributed by atoms with Crippen LogP contribution in [0.3, 0.4) is 0 Å². The van der Waals surface area contributed by atoms with Crippen molar-refractivity contribution in [1.82, 2.24) is 10.2 Å². The first-order valence-corrected chi connectivity index (χ1v) is 8.96. The summed E-state index contributed by atoms with van der Waals surface area (Å²) in [6, 6.07) is 13.8. The molecule has 2 aromatic rings. The number of nitrogens with zero attached hydrogens (tertiary/aromatic N) is 1. The van der Waals surface area contributed by atoms with Gasteiger partial charge in [-0.25, -0.2) is 4.79 Å². The molecule has 0 radical (unpaired) electrons. The Bertz CT molecular complexity index is 731. The number of carbonyl (C=O) groups excluding carboxylic acids is 1. The summed E-state index contributed by atoms with van der Waals surface area (Å²) >= 11 is 5.89. The molecule has 2 amide bonds. The summed E-state index contributed by atoms with van der Waals surface area (Å²) in [6.45, 7) is 2.03. The van der Waals surface area contributed by atoms with Crippen LogP contribution in [-0.4, -0.2) is 31.1 Å². The van der Waals surface area contributed by atoms with E-state index in [1.54, 1.807) is 7.11 Å². The van der Waals surface area contributed by atoms with E-state index >= 15 is 0 Å². The van der Waals surface area contributed by atoms with Gasteiger partial charge in [0, 0.05) is 24.7 Å². The van der Waals surface area contributed by atoms with Crippen molar-refractivity contribution >= 4 is 17.6 Å². The molecule has 0 aliphatic carbocycles. The predicted octanol–water partition coefficient (Wildman–Crippen LogP) is 4.05. The second-order valence-corrected chi connectivity index (χ2v) is 6.70. The summed E-state index contributed by atoms with van der Waals surface area (Å²) in [6.07, 6.45) is 2.73. The number of urea groups is 1. The lowest BCUT2D eigenvalue weighted by molar-refractivity contribution is 0.196. The molecule has 132 valence electrons. The smallest absolute Gasteiger partial charge is 0.317 e. The van der Waals surface area contributed by atoms with Crippen LogP contribution < -0.4 is 10.1 Å². The van der Waals surface area contributed by atoms with Crippen LogP contribution in [0.1, 0.15) is 23.1 Å². The first-order valence-electron chi connectivity index (χ1n) is 8.59. The minimum Gasteiger partial charge on any atom is -0.497 e. The number of aryl methyl sites for hydroxylation is 1. The molecule has 1 heterocycles. The maximum Gasteiger partial charge on any atom is 0.317 e. The molecule has 5 heteroatoms. The van der Waals surface area contributed by atoms with Gasteiger partial charge in [-0.3, -0.25) is 0 Å². The quantitative estimate of drug-likeness (QED) is 0.895. The lowest BCUT2D eigenvalue weighted by Crippen LogP contribution is -2.40. The fraction of sp³-hybridized carbons (Fsp3) is 0.350. The number of halogens is 1. The molecule has 4 nitrogen and oxygen atoms in total. The van der Waals surface area contributed by atoms with Crippen molar-refractivity contribution in [3.05, 3.63) is 64.2 Å². The van der Waals surface area contributed by atoms with Crippen molar-refractivity contribution in [2.45, 2.75) is 25.8 Å². The van der Waals surface area contributed by atoms with E-state index in [2.05, 4.69) is 17.4 Å². The molecule has 0 saturated carbocycles. The van der Waals surface area contributed by atoms with Gasteiger partial charge in [-0.15, -0.1) is 0 Å². The van der Waals surface area contributed by atoms with Crippen LogP contribution in [0.2, 0.25) is 5.02 Å². The number of amides is 2. The van der Waals surface area contributed by atoms with E-state index < -0.39 is 0 Å². The molecule has 0 fully saturated rings. The summed E-state index contributed by atoms with van der Waals surface area (Å²) in [4.78, 5) is 14.4. The highest BCUT2D eigenvalue weighted by molar-refractivity contribution is 6.30. The zero-order valence-corrected chi connectivity index (χ0v) is 15.2. The fourth-order valence-corrected chi connectivity index (χ4v) is 3.24. The van der Waals surface area contributed by atoms with Crippen LogP contribution in [-0.2, 0) is 19.4 Å². The van der Waals surface area contributed by atoms with Gasteiger partial charge in [0.05, 0.1) is 7.11 Å². The van der Waals surface area contributed by atoms with Crippen molar-refractivity contribution < 1.29 is 9.53 Å². The summed E-state index contributed by atoms with van der Waals surface area (Å²) in [5.74, 6) is 0.875. The molecule has 0 unspecified atom stereocenters. The SMILES string of the molecule is COc1ccc2c(c1)CCCN(C(=O)NCCc1ccc(Cl)cc1)C2. The highest BCUT2D eigenvalue weighted by Gasteiger charge is 2.19. The van der Waals surface area contributed by atoms with E-state index in [0.717, 1.165) is 42.1 Å². The van der Waals surface area contributed by atoms with E-state index in [4.69, 9.17) is 16.3 Å². The van der Waals surface area contributed by atoms with Gasteiger partial charge in [-0.2, -0.15) is 0 Å². The topological polar surface area (TPSA) is 41.6 Å². The summed E-state index contributed by atoms with van der Waals surface area (Å²) in [5.41, 5.74) is 3.64. The lowest BCUT2D eigenvalue weighted by Gasteiger charge is -2.21. The first kappa shape index (κ1) is 17.6. The Morgan fingerprint density at radius 2 is 2.00 bits per heavy atom. The molecule has 1 N–H and O–H groups in total. The number of nitrogens with one attached hydrogen (secondary N) is 1. The van der Waals surface area contributed by atoms with Gasteiger partial charge in [0.1, 0.15) is 5.75 Å². The normalized spacial score (nSPS) is 13.8. The largest absolute Gasteiger partial charge is 0.497 e. The Balaban J connectivity index is 1.55. The predicted molar refractivity (Wildman–Crippen MR) is 100 cm³/mol. The zero-order chi connectivity index (χ0) is 17.6. The van der Waals surface area contributed by atoms with Gasteiger partial charge in [0.15, 0.2) is 0 Å². The number of benzene rings is 2. The van der Waals surface area contributed by atoms with Crippen LogP contribution in [0.15, 0.2) is 42.5 Å². The molecule has 1 aliphatic heterocycles. The highest BCUT2D eigenvalue weighted by Crippen LogP contribution is 2.23. The van der Waals surface area contributed by atoms with E-state index in [0.29, 0.717) is 13.1 Å². The van der Waals surface area contributed by atoms with Gasteiger partial charge < -0.3 is 15.0 Å². The second-order valence-electron chi connectivity index (χ2n) is 6.27. The molecule has 0 saturated heterocycles. The average Bonchev–Trinajstić information content (AvgIpc) is 2.85. The Hall–Kier alpha value is -2.20. The van der Waals surface area contributed by atoms with Gasteiger partial charge in [0.25, 0.3) is 0 Å². The third-order valence-corrected chi connectivity index (χ3v) is 4.79. The minimum absolute atomic E-state index is 0.00219. The van der Waals surface area contributed by atoms with Crippen LogP contribution in [0.25, 0.3) is 0 Å². The van der Waals surface area contributed by atoms with E-state index in [9.17, 15) is 4.79 Å². The number of rotatable bonds is 4. The van der Waals surface area contributed by atoms with Crippen LogP contribution in [0.4, 0.5) is 4.79 Å². The Morgan fingerprint density at radius 3 is 2.76 bits per heavy atom. The molecule has 0 atom stereocenters. The van der Waals surface area contributed by atoms with Gasteiger partial charge in [0.2, 0.25) is 0 Å². The van der Waals surface area contributed by atoms with Crippen molar-refractivity contribution in [2.24, 2.45) is 0 Å². The molecule has 25 heavy (non-hydrogen) atoms. The number of methoxy groups -OCH3 is 1. The van der Waals surface area contributed by atoms with Crippen LogP contribution in [0.5, 0.6) is 5.75 Å². The Kier molecular flexibility index (Phi) is 5.82. The monoisotopic (exact) mass is 358 g/mol. The Labute approximate surface area is 153 Å². The molecule has 1 aliphatic rings. The van der Waals surface area contributed by atoms with Gasteiger partial charge in [-0.1, -0.05) is 29.8 Å². The zero-order valence-electron chi connectivity index (χ0n) is 14.4. The van der Waals surface area contributed by atoms with Gasteiger partial charge in [-0.05, 0) is 60.2 Å². The molecule has 0 spiro atoms. The third kappa shape index (κ3) is 4.67. The summed E-state index contributed by atoms with van der Waals surface area (Å²) in [7, 11) is 1.68. The molecular formula is C20H23ClN2O2. The van der Waals surface area contributed by atoms with E-state index in [-0.39, 0.29) is 6.03 Å². The maximum absolute atomic E-state index is 12.5. The number of carbonyl (C=O) groups is 1. The third-order valence-electron chi connectivity index (χ3n) is 4.54. The number of hydrogen-bond acceptors (Lipinski definition) is 2. The van der Waals surface area contributed by atoms with Crippen molar-refractivity contribution in [3.63, 3.8) is 0 Å². The lowest BCUT2D eigenvalue weighted by atomic mass is 10.0. The molecule has 2 aromatic carbocycles. The summed E-state index contributed by atoms with van der Waals surface area (Å²) < 4.78 is 5.30. The number of ether oxygens (including phenoxy) is 1.